The van der Waals surface area contributed by atoms with Crippen molar-refractivity contribution in [3.8, 4) is 0 Å². The van der Waals surface area contributed by atoms with Crippen LogP contribution in [0.4, 0.5) is 0 Å². The summed E-state index contributed by atoms with van der Waals surface area (Å²) >= 11 is 0. The minimum Gasteiger partial charge on any atom is -0.456 e. The van der Waals surface area contributed by atoms with E-state index in [1.807, 2.05) is 37.8 Å². The number of ether oxygens (including phenoxy) is 2. The van der Waals surface area contributed by atoms with Gasteiger partial charge in [0.05, 0.1) is 25.3 Å². The molecule has 0 saturated carbocycles. The second kappa shape index (κ2) is 9.22. The van der Waals surface area contributed by atoms with Gasteiger partial charge in [0.1, 0.15) is 5.60 Å². The van der Waals surface area contributed by atoms with Crippen LogP contribution >= 0.6 is 24.0 Å². The number of carbonyl (C=O) groups is 1. The predicted molar refractivity (Wildman–Crippen MR) is 105 cm³/mol. The number of benzene rings is 1. The van der Waals surface area contributed by atoms with Crippen molar-refractivity contribution in [3.05, 3.63) is 35.4 Å². The molecule has 0 radical (unpaired) electrons. The van der Waals surface area contributed by atoms with Gasteiger partial charge in [-0.25, -0.2) is 9.79 Å². The monoisotopic (exact) mass is 447 g/mol. The molecule has 0 bridgehead atoms. The second-order valence-electron chi connectivity index (χ2n) is 6.48. The van der Waals surface area contributed by atoms with Crippen molar-refractivity contribution in [2.24, 2.45) is 10.7 Å². The Labute approximate surface area is 160 Å². The average molecular weight is 447 g/mol. The summed E-state index contributed by atoms with van der Waals surface area (Å²) < 4.78 is 10.7. The summed E-state index contributed by atoms with van der Waals surface area (Å²) in [7, 11) is 0. The number of guanidine groups is 1. The first kappa shape index (κ1) is 20.7. The van der Waals surface area contributed by atoms with Crippen molar-refractivity contribution in [2.75, 3.05) is 26.3 Å². The third kappa shape index (κ3) is 6.64. The molecule has 1 aliphatic heterocycles. The van der Waals surface area contributed by atoms with Crippen LogP contribution in [0.15, 0.2) is 29.3 Å². The molecule has 1 aromatic rings. The van der Waals surface area contributed by atoms with E-state index >= 15 is 0 Å². The number of halogens is 1. The molecule has 2 rings (SSSR count). The van der Waals surface area contributed by atoms with Gasteiger partial charge in [-0.1, -0.05) is 12.1 Å². The quantitative estimate of drug-likeness (QED) is 0.333. The summed E-state index contributed by atoms with van der Waals surface area (Å²) in [6, 6.07) is 7.29. The largest absolute Gasteiger partial charge is 0.456 e. The lowest BCUT2D eigenvalue weighted by Crippen LogP contribution is -2.44. The highest BCUT2D eigenvalue weighted by Crippen LogP contribution is 2.14. The fourth-order valence-corrected chi connectivity index (χ4v) is 2.20. The summed E-state index contributed by atoms with van der Waals surface area (Å²) in [6.07, 6.45) is 0. The molecule has 1 aromatic carbocycles. The lowest BCUT2D eigenvalue weighted by Gasteiger charge is -2.27. The van der Waals surface area contributed by atoms with E-state index in [1.165, 1.54) is 0 Å². The van der Waals surface area contributed by atoms with Gasteiger partial charge in [-0.2, -0.15) is 0 Å². The highest BCUT2D eigenvalue weighted by atomic mass is 127. The number of nitrogens with zero attached hydrogens (tertiary/aromatic N) is 2. The van der Waals surface area contributed by atoms with Gasteiger partial charge in [0.2, 0.25) is 0 Å². The normalized spacial score (nSPS) is 15.6. The Hall–Kier alpha value is -1.35. The Kier molecular flexibility index (Phi) is 7.95. The van der Waals surface area contributed by atoms with Gasteiger partial charge in [0, 0.05) is 13.1 Å². The molecule has 24 heavy (non-hydrogen) atoms. The molecule has 2 N–H and O–H groups in total. The topological polar surface area (TPSA) is 77.1 Å². The van der Waals surface area contributed by atoms with E-state index in [-0.39, 0.29) is 29.9 Å². The SMILES string of the molecule is CC(C)(C)OC(=O)c1cccc(CN=C(N)N2CCOCC2)c1.I. The van der Waals surface area contributed by atoms with Crippen LogP contribution in [0.5, 0.6) is 0 Å². The van der Waals surface area contributed by atoms with Crippen molar-refractivity contribution in [1.29, 1.82) is 0 Å². The Bertz CT molecular complexity index is 579. The van der Waals surface area contributed by atoms with E-state index in [0.29, 0.717) is 31.3 Å². The number of hydrogen-bond acceptors (Lipinski definition) is 4. The van der Waals surface area contributed by atoms with Crippen LogP contribution in [0.2, 0.25) is 0 Å². The molecule has 1 heterocycles. The van der Waals surface area contributed by atoms with Crippen molar-refractivity contribution >= 4 is 35.9 Å². The average Bonchev–Trinajstić information content (AvgIpc) is 2.52. The summed E-state index contributed by atoms with van der Waals surface area (Å²) in [4.78, 5) is 18.5. The Morgan fingerprint density at radius 3 is 2.62 bits per heavy atom. The van der Waals surface area contributed by atoms with Crippen LogP contribution in [0.1, 0.15) is 36.7 Å². The van der Waals surface area contributed by atoms with Crippen LogP contribution in [-0.2, 0) is 16.0 Å². The van der Waals surface area contributed by atoms with E-state index < -0.39 is 5.60 Å². The highest BCUT2D eigenvalue weighted by molar-refractivity contribution is 14.0. The number of hydrogen-bond donors (Lipinski definition) is 1. The van der Waals surface area contributed by atoms with Gasteiger partial charge in [-0.3, -0.25) is 0 Å². The van der Waals surface area contributed by atoms with Gasteiger partial charge < -0.3 is 20.1 Å². The zero-order valence-corrected chi connectivity index (χ0v) is 16.8. The molecule has 134 valence electrons. The van der Waals surface area contributed by atoms with E-state index in [0.717, 1.165) is 18.7 Å². The van der Waals surface area contributed by atoms with Crippen molar-refractivity contribution in [1.82, 2.24) is 4.90 Å². The van der Waals surface area contributed by atoms with E-state index in [1.54, 1.807) is 12.1 Å². The van der Waals surface area contributed by atoms with Gasteiger partial charge in [0.15, 0.2) is 5.96 Å². The summed E-state index contributed by atoms with van der Waals surface area (Å²) in [5.41, 5.74) is 6.94. The lowest BCUT2D eigenvalue weighted by atomic mass is 10.1. The lowest BCUT2D eigenvalue weighted by molar-refractivity contribution is 0.00694. The first-order valence-corrected chi connectivity index (χ1v) is 7.80. The van der Waals surface area contributed by atoms with E-state index in [9.17, 15) is 4.79 Å². The third-order valence-corrected chi connectivity index (χ3v) is 3.32. The fourth-order valence-electron chi connectivity index (χ4n) is 2.20. The molecule has 1 aliphatic rings. The Morgan fingerprint density at radius 2 is 2.00 bits per heavy atom. The maximum atomic E-state index is 12.1. The van der Waals surface area contributed by atoms with Gasteiger partial charge in [-0.05, 0) is 38.5 Å². The van der Waals surface area contributed by atoms with Crippen LogP contribution in [-0.4, -0.2) is 48.7 Å². The molecule has 1 fully saturated rings. The standard InChI is InChI=1S/C17H25N3O3.HI/c1-17(2,3)23-15(21)14-6-4-5-13(11-14)12-19-16(18)20-7-9-22-10-8-20;/h4-6,11H,7-10,12H2,1-3H3,(H2,18,19);1H. The zero-order valence-electron chi connectivity index (χ0n) is 14.4. The minimum atomic E-state index is -0.508. The van der Waals surface area contributed by atoms with Crippen LogP contribution < -0.4 is 5.73 Å². The molecule has 0 aliphatic carbocycles. The highest BCUT2D eigenvalue weighted by Gasteiger charge is 2.18. The number of aliphatic imine (C=N–C) groups is 1. The Morgan fingerprint density at radius 1 is 1.33 bits per heavy atom. The molecular weight excluding hydrogens is 421 g/mol. The maximum Gasteiger partial charge on any atom is 0.338 e. The first-order chi connectivity index (χ1) is 10.8. The first-order valence-electron chi connectivity index (χ1n) is 7.80. The second-order valence-corrected chi connectivity index (χ2v) is 6.48. The summed E-state index contributed by atoms with van der Waals surface area (Å²) in [5, 5.41) is 0. The molecule has 6 nitrogen and oxygen atoms in total. The number of nitrogens with two attached hydrogens (primary N) is 1. The number of esters is 1. The van der Waals surface area contributed by atoms with Crippen LogP contribution in [0, 0.1) is 0 Å². The molecule has 0 unspecified atom stereocenters. The van der Waals surface area contributed by atoms with Gasteiger partial charge in [-0.15, -0.1) is 24.0 Å². The van der Waals surface area contributed by atoms with Gasteiger partial charge >= 0.3 is 5.97 Å². The molecule has 0 atom stereocenters. The third-order valence-electron chi connectivity index (χ3n) is 3.32. The van der Waals surface area contributed by atoms with E-state index in [2.05, 4.69) is 4.99 Å². The fraction of sp³-hybridized carbons (Fsp3) is 0.529. The van der Waals surface area contributed by atoms with E-state index in [4.69, 9.17) is 15.2 Å². The molecule has 1 saturated heterocycles. The molecule has 0 aromatic heterocycles. The molecule has 0 amide bonds. The zero-order chi connectivity index (χ0) is 16.9. The minimum absolute atomic E-state index is 0. The van der Waals surface area contributed by atoms with Crippen LogP contribution in [0.25, 0.3) is 0 Å². The Balaban J connectivity index is 0.00000288. The van der Waals surface area contributed by atoms with Crippen molar-refractivity contribution in [3.63, 3.8) is 0 Å². The smallest absolute Gasteiger partial charge is 0.338 e. The number of morpholine rings is 1. The predicted octanol–water partition coefficient (Wildman–Crippen LogP) is 2.41. The molecular formula is C17H26IN3O3. The summed E-state index contributed by atoms with van der Waals surface area (Å²) in [5.74, 6) is 0.181. The molecule has 0 spiro atoms. The number of rotatable bonds is 3. The van der Waals surface area contributed by atoms with Crippen molar-refractivity contribution < 1.29 is 14.3 Å². The molecule has 7 heteroatoms. The van der Waals surface area contributed by atoms with Crippen LogP contribution in [0.3, 0.4) is 0 Å². The maximum absolute atomic E-state index is 12.1. The van der Waals surface area contributed by atoms with Gasteiger partial charge in [0.25, 0.3) is 0 Å². The number of carbonyl (C=O) groups excluding carboxylic acids is 1. The van der Waals surface area contributed by atoms with Crippen molar-refractivity contribution in [2.45, 2.75) is 32.9 Å². The summed E-state index contributed by atoms with van der Waals surface area (Å²) in [6.45, 7) is 8.83.